The molecule has 0 saturated heterocycles. The van der Waals surface area contributed by atoms with Crippen molar-refractivity contribution in [2.45, 2.75) is 32.4 Å². The zero-order valence-electron chi connectivity index (χ0n) is 9.31. The van der Waals surface area contributed by atoms with Gasteiger partial charge in [-0.2, -0.15) is 0 Å². The maximum absolute atomic E-state index is 9.39. The van der Waals surface area contributed by atoms with Crippen molar-refractivity contribution in [1.29, 1.82) is 0 Å². The van der Waals surface area contributed by atoms with E-state index in [1.54, 1.807) is 0 Å². The normalized spacial score (nSPS) is 14.7. The molecule has 0 amide bonds. The first-order valence-corrected chi connectivity index (χ1v) is 5.30. The van der Waals surface area contributed by atoms with Gasteiger partial charge in [0.2, 0.25) is 0 Å². The monoisotopic (exact) mass is 209 g/mol. The van der Waals surface area contributed by atoms with E-state index in [4.69, 9.17) is 10.5 Å². The molecule has 0 aliphatic carbocycles. The number of hydrogen-bond acceptors (Lipinski definition) is 3. The van der Waals surface area contributed by atoms with Crippen LogP contribution in [-0.2, 0) is 0 Å². The van der Waals surface area contributed by atoms with Gasteiger partial charge in [-0.15, -0.1) is 0 Å². The summed E-state index contributed by atoms with van der Waals surface area (Å²) in [5.74, 6) is 0.764. The molecule has 3 N–H and O–H groups in total. The highest BCUT2D eigenvalue weighted by molar-refractivity contribution is 5.35. The summed E-state index contributed by atoms with van der Waals surface area (Å²) in [4.78, 5) is 0. The van der Waals surface area contributed by atoms with Crippen LogP contribution in [0.25, 0.3) is 0 Å². The Balaban J connectivity index is 2.67. The predicted octanol–water partition coefficient (Wildman–Crippen LogP) is 1.86. The van der Waals surface area contributed by atoms with Crippen molar-refractivity contribution < 1.29 is 9.84 Å². The summed E-state index contributed by atoms with van der Waals surface area (Å²) in [6.07, 6.45) is 0.284. The first-order chi connectivity index (χ1) is 7.15. The molecule has 0 spiro atoms. The van der Waals surface area contributed by atoms with Crippen LogP contribution in [0.15, 0.2) is 24.3 Å². The minimum absolute atomic E-state index is 0.0556. The maximum Gasteiger partial charge on any atom is 0.124 e. The van der Waals surface area contributed by atoms with E-state index in [0.29, 0.717) is 13.0 Å². The second-order valence-electron chi connectivity index (χ2n) is 3.70. The summed E-state index contributed by atoms with van der Waals surface area (Å²) in [5, 5.41) is 9.39. The number of aliphatic hydroxyl groups is 1. The zero-order valence-corrected chi connectivity index (χ0v) is 9.31. The first-order valence-electron chi connectivity index (χ1n) is 5.30. The van der Waals surface area contributed by atoms with Crippen molar-refractivity contribution in [3.63, 3.8) is 0 Å². The Morgan fingerprint density at radius 2 is 2.07 bits per heavy atom. The van der Waals surface area contributed by atoms with Gasteiger partial charge in [0.15, 0.2) is 0 Å². The highest BCUT2D eigenvalue weighted by Gasteiger charge is 2.08. The Bertz CT molecular complexity index is 299. The Hall–Kier alpha value is -1.06. The molecule has 1 aromatic rings. The highest BCUT2D eigenvalue weighted by atomic mass is 16.5. The Morgan fingerprint density at radius 3 is 2.67 bits per heavy atom. The summed E-state index contributed by atoms with van der Waals surface area (Å²) >= 11 is 0. The average molecular weight is 209 g/mol. The summed E-state index contributed by atoms with van der Waals surface area (Å²) in [6.45, 7) is 4.16. The molecule has 0 aliphatic rings. The molecule has 0 heterocycles. The highest BCUT2D eigenvalue weighted by Crippen LogP contribution is 2.23. The molecule has 2 atom stereocenters. The molecule has 1 unspecified atom stereocenters. The molecule has 0 saturated carbocycles. The maximum atomic E-state index is 9.39. The second kappa shape index (κ2) is 5.73. The van der Waals surface area contributed by atoms with E-state index >= 15 is 0 Å². The molecule has 0 radical (unpaired) electrons. The standard InChI is InChI=1S/C12H19NO2/c1-3-10(14)8-15-12-7-5-4-6-11(12)9(2)13/h4-7,9-10,14H,3,8,13H2,1-2H3/t9-,10?/m0/s1. The van der Waals surface area contributed by atoms with Gasteiger partial charge in [0, 0.05) is 11.6 Å². The molecular formula is C12H19NO2. The summed E-state index contributed by atoms with van der Waals surface area (Å²) in [6, 6.07) is 7.60. The van der Waals surface area contributed by atoms with E-state index in [1.165, 1.54) is 0 Å². The minimum atomic E-state index is -0.411. The van der Waals surface area contributed by atoms with Gasteiger partial charge < -0.3 is 15.6 Å². The molecule has 1 aromatic carbocycles. The van der Waals surface area contributed by atoms with Crippen LogP contribution in [-0.4, -0.2) is 17.8 Å². The lowest BCUT2D eigenvalue weighted by atomic mass is 10.1. The number of nitrogens with two attached hydrogens (primary N) is 1. The van der Waals surface area contributed by atoms with Crippen molar-refractivity contribution in [3.8, 4) is 5.75 Å². The van der Waals surface area contributed by atoms with Crippen molar-refractivity contribution in [1.82, 2.24) is 0 Å². The van der Waals surface area contributed by atoms with Gasteiger partial charge in [-0.1, -0.05) is 25.1 Å². The Labute approximate surface area is 90.9 Å². The lowest BCUT2D eigenvalue weighted by Crippen LogP contribution is -2.17. The van der Waals surface area contributed by atoms with Crippen molar-refractivity contribution in [2.75, 3.05) is 6.61 Å². The second-order valence-corrected chi connectivity index (χ2v) is 3.70. The zero-order chi connectivity index (χ0) is 11.3. The van der Waals surface area contributed by atoms with Crippen LogP contribution in [0.1, 0.15) is 31.9 Å². The average Bonchev–Trinajstić information content (AvgIpc) is 2.26. The topological polar surface area (TPSA) is 55.5 Å². The molecule has 3 nitrogen and oxygen atoms in total. The van der Waals surface area contributed by atoms with Crippen LogP contribution in [0.5, 0.6) is 5.75 Å². The molecule has 0 fully saturated rings. The van der Waals surface area contributed by atoms with Crippen LogP contribution in [0.3, 0.4) is 0 Å². The Kier molecular flexibility index (Phi) is 4.59. The summed E-state index contributed by atoms with van der Waals surface area (Å²) in [5.41, 5.74) is 6.78. The quantitative estimate of drug-likeness (QED) is 0.778. The van der Waals surface area contributed by atoms with Crippen LogP contribution in [0.2, 0.25) is 0 Å². The van der Waals surface area contributed by atoms with Gasteiger partial charge in [-0.05, 0) is 19.4 Å². The molecule has 84 valence electrons. The summed E-state index contributed by atoms with van der Waals surface area (Å²) in [7, 11) is 0. The lowest BCUT2D eigenvalue weighted by Gasteiger charge is -2.15. The number of rotatable bonds is 5. The van der Waals surface area contributed by atoms with Gasteiger partial charge in [0.05, 0.1) is 6.10 Å². The van der Waals surface area contributed by atoms with Crippen LogP contribution >= 0.6 is 0 Å². The molecule has 0 bridgehead atoms. The smallest absolute Gasteiger partial charge is 0.124 e. The third-order valence-electron chi connectivity index (χ3n) is 2.31. The first kappa shape index (κ1) is 12.0. The third-order valence-corrected chi connectivity index (χ3v) is 2.31. The molecule has 0 aliphatic heterocycles. The van der Waals surface area contributed by atoms with E-state index in [1.807, 2.05) is 38.1 Å². The van der Waals surface area contributed by atoms with E-state index in [9.17, 15) is 5.11 Å². The predicted molar refractivity (Wildman–Crippen MR) is 60.8 cm³/mol. The molecule has 0 aromatic heterocycles. The minimum Gasteiger partial charge on any atom is -0.491 e. The van der Waals surface area contributed by atoms with Gasteiger partial charge >= 0.3 is 0 Å². The van der Waals surface area contributed by atoms with E-state index in [0.717, 1.165) is 11.3 Å². The van der Waals surface area contributed by atoms with Crippen LogP contribution in [0, 0.1) is 0 Å². The molecule has 1 rings (SSSR count). The number of aliphatic hydroxyl groups excluding tert-OH is 1. The SMILES string of the molecule is CCC(O)COc1ccccc1[C@H](C)N. The molecule has 3 heteroatoms. The van der Waals surface area contributed by atoms with Crippen LogP contribution < -0.4 is 10.5 Å². The number of hydrogen-bond donors (Lipinski definition) is 2. The lowest BCUT2D eigenvalue weighted by molar-refractivity contribution is 0.103. The fourth-order valence-corrected chi connectivity index (χ4v) is 1.29. The summed E-state index contributed by atoms with van der Waals surface area (Å²) < 4.78 is 5.52. The molecule has 15 heavy (non-hydrogen) atoms. The van der Waals surface area contributed by atoms with E-state index < -0.39 is 6.10 Å². The van der Waals surface area contributed by atoms with Gasteiger partial charge in [0.25, 0.3) is 0 Å². The van der Waals surface area contributed by atoms with Gasteiger partial charge in [0.1, 0.15) is 12.4 Å². The van der Waals surface area contributed by atoms with Crippen molar-refractivity contribution >= 4 is 0 Å². The number of benzene rings is 1. The molecular weight excluding hydrogens is 190 g/mol. The van der Waals surface area contributed by atoms with Crippen LogP contribution in [0.4, 0.5) is 0 Å². The van der Waals surface area contributed by atoms with Crippen molar-refractivity contribution in [3.05, 3.63) is 29.8 Å². The van der Waals surface area contributed by atoms with Gasteiger partial charge in [-0.25, -0.2) is 0 Å². The third kappa shape index (κ3) is 3.53. The van der Waals surface area contributed by atoms with E-state index in [-0.39, 0.29) is 6.04 Å². The number of ether oxygens (including phenoxy) is 1. The van der Waals surface area contributed by atoms with Gasteiger partial charge in [-0.3, -0.25) is 0 Å². The fraction of sp³-hybridized carbons (Fsp3) is 0.500. The number of para-hydroxylation sites is 1. The Morgan fingerprint density at radius 1 is 1.40 bits per heavy atom. The largest absolute Gasteiger partial charge is 0.491 e. The van der Waals surface area contributed by atoms with E-state index in [2.05, 4.69) is 0 Å². The van der Waals surface area contributed by atoms with Crippen molar-refractivity contribution in [2.24, 2.45) is 5.73 Å². The fourth-order valence-electron chi connectivity index (χ4n) is 1.29.